The van der Waals surface area contributed by atoms with E-state index in [-0.39, 0.29) is 11.7 Å². The number of Topliss-reactive ketones (excluding diaryl/α,β-unsaturated/α-hetero) is 1. The minimum Gasteiger partial charge on any atom is -0.494 e. The number of amides is 1. The van der Waals surface area contributed by atoms with E-state index in [9.17, 15) is 9.59 Å². The SMILES string of the molecule is CCOc1ccc(/C=C/C(=O)NCCC(C)=O)cc1. The second-order valence-corrected chi connectivity index (χ2v) is 4.08. The number of ether oxygens (including phenoxy) is 1. The maximum atomic E-state index is 11.4. The molecule has 0 radical (unpaired) electrons. The second-order valence-electron chi connectivity index (χ2n) is 4.08. The number of rotatable bonds is 7. The third-order valence-corrected chi connectivity index (χ3v) is 2.39. The van der Waals surface area contributed by atoms with E-state index in [2.05, 4.69) is 5.32 Å². The minimum absolute atomic E-state index is 0.0655. The van der Waals surface area contributed by atoms with Gasteiger partial charge in [0.2, 0.25) is 5.91 Å². The van der Waals surface area contributed by atoms with Gasteiger partial charge < -0.3 is 10.1 Å². The molecule has 102 valence electrons. The number of nitrogens with one attached hydrogen (secondary N) is 1. The second kappa shape index (κ2) is 8.08. The Morgan fingerprint density at radius 1 is 1.26 bits per heavy atom. The van der Waals surface area contributed by atoms with Crippen LogP contribution in [0, 0.1) is 0 Å². The lowest BCUT2D eigenvalue weighted by Crippen LogP contribution is -2.23. The highest BCUT2D eigenvalue weighted by Crippen LogP contribution is 2.12. The molecule has 0 unspecified atom stereocenters. The molecule has 0 aliphatic heterocycles. The Balaban J connectivity index is 2.42. The Labute approximate surface area is 113 Å². The molecule has 1 aromatic rings. The summed E-state index contributed by atoms with van der Waals surface area (Å²) < 4.78 is 5.33. The van der Waals surface area contributed by atoms with Crippen molar-refractivity contribution in [1.82, 2.24) is 5.32 Å². The molecule has 0 saturated carbocycles. The summed E-state index contributed by atoms with van der Waals surface area (Å²) in [5, 5.41) is 2.64. The lowest BCUT2D eigenvalue weighted by atomic mass is 10.2. The molecule has 0 aliphatic carbocycles. The molecule has 0 aromatic heterocycles. The predicted molar refractivity (Wildman–Crippen MR) is 75.0 cm³/mol. The van der Waals surface area contributed by atoms with Crippen molar-refractivity contribution in [2.24, 2.45) is 0 Å². The van der Waals surface area contributed by atoms with Gasteiger partial charge in [0.1, 0.15) is 11.5 Å². The van der Waals surface area contributed by atoms with Gasteiger partial charge in [-0.3, -0.25) is 9.59 Å². The molecule has 4 nitrogen and oxygen atoms in total. The van der Waals surface area contributed by atoms with Gasteiger partial charge in [0.05, 0.1) is 6.61 Å². The minimum atomic E-state index is -0.199. The lowest BCUT2D eigenvalue weighted by Gasteiger charge is -2.02. The average Bonchev–Trinajstić information content (AvgIpc) is 2.38. The van der Waals surface area contributed by atoms with Gasteiger partial charge in [-0.15, -0.1) is 0 Å². The van der Waals surface area contributed by atoms with E-state index in [4.69, 9.17) is 4.74 Å². The van der Waals surface area contributed by atoms with Crippen molar-refractivity contribution in [3.05, 3.63) is 35.9 Å². The first-order valence-electron chi connectivity index (χ1n) is 6.30. The van der Waals surface area contributed by atoms with Crippen LogP contribution in [0.15, 0.2) is 30.3 Å². The Bertz CT molecular complexity index is 449. The zero-order valence-corrected chi connectivity index (χ0v) is 11.3. The monoisotopic (exact) mass is 261 g/mol. The molecule has 1 aromatic carbocycles. The molecule has 0 aliphatic rings. The van der Waals surface area contributed by atoms with E-state index in [0.29, 0.717) is 19.6 Å². The third kappa shape index (κ3) is 6.41. The van der Waals surface area contributed by atoms with Crippen molar-refractivity contribution in [3.63, 3.8) is 0 Å². The Morgan fingerprint density at radius 2 is 1.95 bits per heavy atom. The van der Waals surface area contributed by atoms with Crippen LogP contribution in [0.4, 0.5) is 0 Å². The fourth-order valence-electron chi connectivity index (χ4n) is 1.43. The van der Waals surface area contributed by atoms with E-state index in [1.807, 2.05) is 31.2 Å². The van der Waals surface area contributed by atoms with Crippen LogP contribution in [0.25, 0.3) is 6.08 Å². The molecule has 1 amide bonds. The summed E-state index contributed by atoms with van der Waals surface area (Å²) in [6, 6.07) is 7.47. The predicted octanol–water partition coefficient (Wildman–Crippen LogP) is 2.19. The van der Waals surface area contributed by atoms with Gasteiger partial charge in [0.15, 0.2) is 0 Å². The summed E-state index contributed by atoms with van der Waals surface area (Å²) in [4.78, 5) is 22.1. The smallest absolute Gasteiger partial charge is 0.244 e. The molecular weight excluding hydrogens is 242 g/mol. The molecule has 4 heteroatoms. The van der Waals surface area contributed by atoms with E-state index in [1.54, 1.807) is 6.08 Å². The maximum absolute atomic E-state index is 11.4. The summed E-state index contributed by atoms with van der Waals surface area (Å²) in [6.45, 7) is 4.44. The molecule has 0 spiro atoms. The van der Waals surface area contributed by atoms with Crippen molar-refractivity contribution in [2.75, 3.05) is 13.2 Å². The standard InChI is InChI=1S/C15H19NO3/c1-3-19-14-7-4-13(5-8-14)6-9-15(18)16-11-10-12(2)17/h4-9H,3,10-11H2,1-2H3,(H,16,18)/b9-6+. The molecule has 0 fully saturated rings. The van der Waals surface area contributed by atoms with Crippen LogP contribution < -0.4 is 10.1 Å². The van der Waals surface area contributed by atoms with Gasteiger partial charge in [-0.1, -0.05) is 12.1 Å². The summed E-state index contributed by atoms with van der Waals surface area (Å²) in [6.07, 6.45) is 3.54. The van der Waals surface area contributed by atoms with E-state index in [0.717, 1.165) is 11.3 Å². The zero-order valence-electron chi connectivity index (χ0n) is 11.3. The lowest BCUT2D eigenvalue weighted by molar-refractivity contribution is -0.117. The van der Waals surface area contributed by atoms with Crippen LogP contribution in [0.1, 0.15) is 25.8 Å². The number of ketones is 1. The third-order valence-electron chi connectivity index (χ3n) is 2.39. The number of benzene rings is 1. The molecule has 1 N–H and O–H groups in total. The van der Waals surface area contributed by atoms with E-state index >= 15 is 0 Å². The average molecular weight is 261 g/mol. The summed E-state index contributed by atoms with van der Waals surface area (Å²) in [5.41, 5.74) is 0.921. The van der Waals surface area contributed by atoms with Crippen LogP contribution in [0.3, 0.4) is 0 Å². The van der Waals surface area contributed by atoms with Gasteiger partial charge in [0.25, 0.3) is 0 Å². The highest BCUT2D eigenvalue weighted by atomic mass is 16.5. The van der Waals surface area contributed by atoms with Crippen LogP contribution in [-0.2, 0) is 9.59 Å². The maximum Gasteiger partial charge on any atom is 0.244 e. The Morgan fingerprint density at radius 3 is 2.53 bits per heavy atom. The van der Waals surface area contributed by atoms with Gasteiger partial charge in [-0.25, -0.2) is 0 Å². The highest BCUT2D eigenvalue weighted by molar-refractivity contribution is 5.92. The molecule has 0 heterocycles. The van der Waals surface area contributed by atoms with Crippen molar-refractivity contribution < 1.29 is 14.3 Å². The van der Waals surface area contributed by atoms with E-state index in [1.165, 1.54) is 13.0 Å². The Kier molecular flexibility index (Phi) is 6.36. The van der Waals surface area contributed by atoms with Crippen molar-refractivity contribution in [1.29, 1.82) is 0 Å². The summed E-state index contributed by atoms with van der Waals surface area (Å²) in [5.74, 6) is 0.677. The molecule has 0 saturated heterocycles. The van der Waals surface area contributed by atoms with Gasteiger partial charge in [-0.05, 0) is 37.6 Å². The Hall–Kier alpha value is -2.10. The van der Waals surface area contributed by atoms with Gasteiger partial charge in [-0.2, -0.15) is 0 Å². The quantitative estimate of drug-likeness (QED) is 0.765. The summed E-state index contributed by atoms with van der Waals surface area (Å²) in [7, 11) is 0. The van der Waals surface area contributed by atoms with Crippen molar-refractivity contribution in [2.45, 2.75) is 20.3 Å². The van der Waals surface area contributed by atoms with Crippen LogP contribution >= 0.6 is 0 Å². The van der Waals surface area contributed by atoms with Crippen LogP contribution in [0.2, 0.25) is 0 Å². The first-order chi connectivity index (χ1) is 9.11. The zero-order chi connectivity index (χ0) is 14.1. The van der Waals surface area contributed by atoms with Gasteiger partial charge in [0, 0.05) is 19.0 Å². The number of carbonyl (C=O) groups excluding carboxylic acids is 2. The van der Waals surface area contributed by atoms with Crippen LogP contribution in [-0.4, -0.2) is 24.8 Å². The first-order valence-corrected chi connectivity index (χ1v) is 6.30. The van der Waals surface area contributed by atoms with Crippen LogP contribution in [0.5, 0.6) is 5.75 Å². The normalized spacial score (nSPS) is 10.4. The molecule has 0 bridgehead atoms. The van der Waals surface area contributed by atoms with E-state index < -0.39 is 0 Å². The molecular formula is C15H19NO3. The topological polar surface area (TPSA) is 55.4 Å². The molecule has 0 atom stereocenters. The fraction of sp³-hybridized carbons (Fsp3) is 0.333. The molecule has 19 heavy (non-hydrogen) atoms. The van der Waals surface area contributed by atoms with Gasteiger partial charge >= 0.3 is 0 Å². The van der Waals surface area contributed by atoms with Crippen molar-refractivity contribution >= 4 is 17.8 Å². The molecule has 1 rings (SSSR count). The summed E-state index contributed by atoms with van der Waals surface area (Å²) >= 11 is 0. The largest absolute Gasteiger partial charge is 0.494 e. The first kappa shape index (κ1) is 15.0. The van der Waals surface area contributed by atoms with Crippen molar-refractivity contribution in [3.8, 4) is 5.75 Å². The number of hydrogen-bond donors (Lipinski definition) is 1. The fourth-order valence-corrected chi connectivity index (χ4v) is 1.43. The number of hydrogen-bond acceptors (Lipinski definition) is 3. The highest BCUT2D eigenvalue weighted by Gasteiger charge is 1.97. The number of carbonyl (C=O) groups is 2.